The normalized spacial score (nSPS) is 15.4. The Morgan fingerprint density at radius 3 is 2.55 bits per heavy atom. The molecule has 0 spiro atoms. The van der Waals surface area contributed by atoms with Gasteiger partial charge in [0.15, 0.2) is 5.82 Å². The summed E-state index contributed by atoms with van der Waals surface area (Å²) in [5.74, 6) is -0.183. The Bertz CT molecular complexity index is 1370. The Labute approximate surface area is 168 Å². The van der Waals surface area contributed by atoms with Gasteiger partial charge in [-0.3, -0.25) is 9.59 Å². The van der Waals surface area contributed by atoms with Crippen LogP contribution >= 0.6 is 11.3 Å². The first-order valence-electron chi connectivity index (χ1n) is 9.19. The third kappa shape index (κ3) is 2.67. The van der Waals surface area contributed by atoms with Gasteiger partial charge in [0.2, 0.25) is 4.96 Å². The number of hydrogen-bond donors (Lipinski definition) is 0. The van der Waals surface area contributed by atoms with Crippen molar-refractivity contribution in [2.24, 2.45) is 0 Å². The van der Waals surface area contributed by atoms with Crippen LogP contribution in [0.25, 0.3) is 21.9 Å². The van der Waals surface area contributed by atoms with E-state index in [9.17, 15) is 14.0 Å². The lowest BCUT2D eigenvalue weighted by Gasteiger charge is -2.15. The van der Waals surface area contributed by atoms with E-state index in [4.69, 9.17) is 0 Å². The third-order valence-corrected chi connectivity index (χ3v) is 5.89. The number of carbonyl (C=O) groups excluding carboxylic acids is 1. The average molecular weight is 406 g/mol. The van der Waals surface area contributed by atoms with Crippen LogP contribution in [0.1, 0.15) is 18.9 Å². The van der Waals surface area contributed by atoms with Gasteiger partial charge in [-0.1, -0.05) is 36.5 Å². The molecule has 1 amide bonds. The SMILES string of the molecule is CCCN1C(=O)/C(=c2\sc3nc(-c4ccc(F)cc4)nn3c2=O)c2ccccc21. The largest absolute Gasteiger partial charge is 0.308 e. The topological polar surface area (TPSA) is 67.6 Å². The number of fused-ring (bicyclic) bond motifs is 2. The summed E-state index contributed by atoms with van der Waals surface area (Å²) in [7, 11) is 0. The lowest BCUT2D eigenvalue weighted by Crippen LogP contribution is -2.32. The van der Waals surface area contributed by atoms with Crippen molar-refractivity contribution in [1.29, 1.82) is 0 Å². The molecular formula is C21H15FN4O2S. The number of nitrogens with zero attached hydrogens (tertiary/aromatic N) is 4. The molecule has 29 heavy (non-hydrogen) atoms. The van der Waals surface area contributed by atoms with Crippen LogP contribution in [-0.2, 0) is 4.79 Å². The van der Waals surface area contributed by atoms with Crippen LogP contribution in [-0.4, -0.2) is 27.0 Å². The van der Waals surface area contributed by atoms with E-state index in [0.717, 1.165) is 29.0 Å². The van der Waals surface area contributed by atoms with Gasteiger partial charge in [0.25, 0.3) is 11.5 Å². The number of halogens is 1. The Kier molecular flexibility index (Phi) is 4.02. The minimum atomic E-state index is -0.373. The van der Waals surface area contributed by atoms with Crippen molar-refractivity contribution < 1.29 is 9.18 Å². The molecule has 0 atom stereocenters. The first-order chi connectivity index (χ1) is 14.1. The van der Waals surface area contributed by atoms with Crippen molar-refractivity contribution in [3.05, 3.63) is 74.8 Å². The fourth-order valence-electron chi connectivity index (χ4n) is 3.55. The standard InChI is InChI=1S/C21H15FN4O2S/c1-2-11-25-15-6-4-3-5-14(15)16(19(25)27)17-20(28)26-21(29-17)23-18(24-26)12-7-9-13(22)10-8-12/h3-10H,2,11H2,1H3/b17-16-. The molecule has 1 aliphatic rings. The minimum Gasteiger partial charge on any atom is -0.308 e. The summed E-state index contributed by atoms with van der Waals surface area (Å²) in [6.45, 7) is 2.59. The summed E-state index contributed by atoms with van der Waals surface area (Å²) in [5, 5.41) is 4.28. The van der Waals surface area contributed by atoms with Crippen molar-refractivity contribution in [2.45, 2.75) is 13.3 Å². The summed E-state index contributed by atoms with van der Waals surface area (Å²) < 4.78 is 14.7. The lowest BCUT2D eigenvalue weighted by molar-refractivity contribution is -0.113. The second-order valence-corrected chi connectivity index (χ2v) is 7.70. The van der Waals surface area contributed by atoms with Crippen LogP contribution in [0.5, 0.6) is 0 Å². The maximum absolute atomic E-state index is 13.1. The van der Waals surface area contributed by atoms with E-state index in [2.05, 4.69) is 10.1 Å². The van der Waals surface area contributed by atoms with Gasteiger partial charge in [0.05, 0.1) is 11.3 Å². The number of para-hydroxylation sites is 1. The Morgan fingerprint density at radius 2 is 1.83 bits per heavy atom. The van der Waals surface area contributed by atoms with Gasteiger partial charge in [0, 0.05) is 17.7 Å². The summed E-state index contributed by atoms with van der Waals surface area (Å²) in [6.07, 6.45) is 0.813. The van der Waals surface area contributed by atoms with Gasteiger partial charge in [0.1, 0.15) is 10.3 Å². The fraction of sp³-hybridized carbons (Fsp3) is 0.143. The van der Waals surface area contributed by atoms with Crippen LogP contribution in [0.3, 0.4) is 0 Å². The van der Waals surface area contributed by atoms with E-state index in [1.165, 1.54) is 16.6 Å². The average Bonchev–Trinajstić information content (AvgIpc) is 3.35. The molecule has 0 N–H and O–H groups in total. The monoisotopic (exact) mass is 406 g/mol. The van der Waals surface area contributed by atoms with Gasteiger partial charge in [-0.05, 0) is 36.8 Å². The highest BCUT2D eigenvalue weighted by Gasteiger charge is 2.33. The minimum absolute atomic E-state index is 0.173. The molecule has 0 aliphatic carbocycles. The van der Waals surface area contributed by atoms with E-state index < -0.39 is 0 Å². The van der Waals surface area contributed by atoms with Gasteiger partial charge in [-0.2, -0.15) is 9.50 Å². The molecule has 8 heteroatoms. The molecule has 5 rings (SSSR count). The molecule has 2 aromatic heterocycles. The van der Waals surface area contributed by atoms with Crippen LogP contribution in [0.4, 0.5) is 10.1 Å². The van der Waals surface area contributed by atoms with Crippen molar-refractivity contribution >= 4 is 33.5 Å². The molecule has 2 aromatic carbocycles. The van der Waals surface area contributed by atoms with E-state index in [-0.39, 0.29) is 17.3 Å². The second kappa shape index (κ2) is 6.59. The molecule has 0 bridgehead atoms. The number of thiazole rings is 1. The van der Waals surface area contributed by atoms with Crippen molar-refractivity contribution in [3.63, 3.8) is 0 Å². The van der Waals surface area contributed by atoms with Gasteiger partial charge in [-0.15, -0.1) is 5.10 Å². The van der Waals surface area contributed by atoms with Gasteiger partial charge in [-0.25, -0.2) is 4.39 Å². The summed E-state index contributed by atoms with van der Waals surface area (Å²) in [5.41, 5.74) is 2.22. The molecule has 0 fully saturated rings. The van der Waals surface area contributed by atoms with Gasteiger partial charge < -0.3 is 4.90 Å². The summed E-state index contributed by atoms with van der Waals surface area (Å²) in [6, 6.07) is 13.3. The van der Waals surface area contributed by atoms with E-state index in [0.29, 0.717) is 33.0 Å². The summed E-state index contributed by atoms with van der Waals surface area (Å²) in [4.78, 5) is 32.7. The van der Waals surface area contributed by atoms with Crippen molar-refractivity contribution in [1.82, 2.24) is 14.6 Å². The van der Waals surface area contributed by atoms with E-state index in [1.807, 2.05) is 31.2 Å². The molecule has 4 aromatic rings. The number of rotatable bonds is 3. The first-order valence-corrected chi connectivity index (χ1v) is 10.0. The third-order valence-electron chi connectivity index (χ3n) is 4.86. The highest BCUT2D eigenvalue weighted by Crippen LogP contribution is 2.35. The lowest BCUT2D eigenvalue weighted by atomic mass is 10.1. The van der Waals surface area contributed by atoms with Crippen LogP contribution in [0.15, 0.2) is 53.3 Å². The maximum atomic E-state index is 13.1. The molecule has 3 heterocycles. The van der Waals surface area contributed by atoms with Crippen molar-refractivity contribution in [2.75, 3.05) is 11.4 Å². The zero-order valence-electron chi connectivity index (χ0n) is 15.4. The van der Waals surface area contributed by atoms with Crippen LogP contribution in [0.2, 0.25) is 0 Å². The molecule has 0 saturated carbocycles. The van der Waals surface area contributed by atoms with Crippen LogP contribution in [0, 0.1) is 5.82 Å². The molecule has 6 nitrogen and oxygen atoms in total. The highest BCUT2D eigenvalue weighted by molar-refractivity contribution is 7.15. The highest BCUT2D eigenvalue weighted by atomic mass is 32.1. The first kappa shape index (κ1) is 17.7. The predicted octanol–water partition coefficient (Wildman–Crippen LogP) is 2.63. The molecule has 0 unspecified atom stereocenters. The molecule has 1 aliphatic heterocycles. The molecule has 0 radical (unpaired) electrons. The number of anilines is 1. The maximum Gasteiger partial charge on any atom is 0.291 e. The smallest absolute Gasteiger partial charge is 0.291 e. The number of amides is 1. The number of benzene rings is 2. The Balaban J connectivity index is 1.71. The Hall–Kier alpha value is -3.39. The van der Waals surface area contributed by atoms with Gasteiger partial charge >= 0.3 is 0 Å². The second-order valence-electron chi connectivity index (χ2n) is 6.72. The molecule has 144 valence electrons. The quantitative estimate of drug-likeness (QED) is 0.525. The Morgan fingerprint density at radius 1 is 1.07 bits per heavy atom. The molecule has 0 saturated heterocycles. The zero-order valence-corrected chi connectivity index (χ0v) is 16.2. The fourth-order valence-corrected chi connectivity index (χ4v) is 4.55. The van der Waals surface area contributed by atoms with E-state index in [1.54, 1.807) is 17.0 Å². The van der Waals surface area contributed by atoms with E-state index >= 15 is 0 Å². The van der Waals surface area contributed by atoms with Crippen molar-refractivity contribution in [3.8, 4) is 11.4 Å². The number of carbonyl (C=O) groups is 1. The molecular weight excluding hydrogens is 391 g/mol. The van der Waals surface area contributed by atoms with Crippen LogP contribution < -0.4 is 15.0 Å². The summed E-state index contributed by atoms with van der Waals surface area (Å²) >= 11 is 1.15. The number of aromatic nitrogens is 3. The number of hydrogen-bond acceptors (Lipinski definition) is 5. The zero-order chi connectivity index (χ0) is 20.1. The predicted molar refractivity (Wildman–Crippen MR) is 109 cm³/mol.